The SMILES string of the molecule is CCOCCCC(=O)NC1CNC1. The van der Waals surface area contributed by atoms with Gasteiger partial charge in [0.05, 0.1) is 6.04 Å². The number of carbonyl (C=O) groups excluding carboxylic acids is 1. The molecule has 0 aromatic carbocycles. The molecule has 1 fully saturated rings. The third-order valence-electron chi connectivity index (χ3n) is 2.04. The Labute approximate surface area is 79.0 Å². The molecular formula is C9H18N2O2. The van der Waals surface area contributed by atoms with E-state index in [-0.39, 0.29) is 5.91 Å². The van der Waals surface area contributed by atoms with Crippen molar-refractivity contribution in [2.75, 3.05) is 26.3 Å². The van der Waals surface area contributed by atoms with Crippen molar-refractivity contribution in [3.63, 3.8) is 0 Å². The summed E-state index contributed by atoms with van der Waals surface area (Å²) in [5.74, 6) is 0.145. The fourth-order valence-corrected chi connectivity index (χ4v) is 1.17. The predicted octanol–water partition coefficient (Wildman–Crippen LogP) is -0.109. The standard InChI is InChI=1S/C9H18N2O2/c1-2-13-5-3-4-9(12)11-8-6-10-7-8/h8,10H,2-7H2,1H3,(H,11,12). The highest BCUT2D eigenvalue weighted by atomic mass is 16.5. The summed E-state index contributed by atoms with van der Waals surface area (Å²) in [5.41, 5.74) is 0. The number of rotatable bonds is 6. The maximum absolute atomic E-state index is 11.2. The quantitative estimate of drug-likeness (QED) is 0.569. The average Bonchev–Trinajstić information content (AvgIpc) is 2.06. The molecule has 0 spiro atoms. The molecule has 1 rings (SSSR count). The van der Waals surface area contributed by atoms with Crippen LogP contribution in [-0.2, 0) is 9.53 Å². The molecule has 4 nitrogen and oxygen atoms in total. The van der Waals surface area contributed by atoms with Crippen LogP contribution in [0.25, 0.3) is 0 Å². The largest absolute Gasteiger partial charge is 0.382 e. The van der Waals surface area contributed by atoms with Crippen LogP contribution in [0.2, 0.25) is 0 Å². The highest BCUT2D eigenvalue weighted by Gasteiger charge is 2.17. The Morgan fingerprint density at radius 2 is 2.38 bits per heavy atom. The van der Waals surface area contributed by atoms with E-state index in [0.717, 1.165) is 26.1 Å². The molecule has 1 heterocycles. The normalized spacial score (nSPS) is 16.7. The first kappa shape index (κ1) is 10.5. The lowest BCUT2D eigenvalue weighted by Crippen LogP contribution is -2.56. The molecule has 1 amide bonds. The average molecular weight is 186 g/mol. The second-order valence-corrected chi connectivity index (χ2v) is 3.22. The van der Waals surface area contributed by atoms with Crippen molar-refractivity contribution in [2.45, 2.75) is 25.8 Å². The van der Waals surface area contributed by atoms with Crippen molar-refractivity contribution in [1.82, 2.24) is 10.6 Å². The van der Waals surface area contributed by atoms with Crippen LogP contribution in [0.5, 0.6) is 0 Å². The first-order valence-electron chi connectivity index (χ1n) is 4.90. The van der Waals surface area contributed by atoms with Gasteiger partial charge in [-0.1, -0.05) is 0 Å². The van der Waals surface area contributed by atoms with Gasteiger partial charge in [0.2, 0.25) is 5.91 Å². The molecule has 0 unspecified atom stereocenters. The van der Waals surface area contributed by atoms with E-state index in [2.05, 4.69) is 10.6 Å². The first-order valence-corrected chi connectivity index (χ1v) is 4.90. The zero-order valence-electron chi connectivity index (χ0n) is 8.14. The van der Waals surface area contributed by atoms with E-state index in [0.29, 0.717) is 19.1 Å². The Morgan fingerprint density at radius 1 is 1.62 bits per heavy atom. The molecule has 0 saturated carbocycles. The fourth-order valence-electron chi connectivity index (χ4n) is 1.17. The summed E-state index contributed by atoms with van der Waals surface area (Å²) >= 11 is 0. The van der Waals surface area contributed by atoms with Crippen LogP contribution in [0.1, 0.15) is 19.8 Å². The van der Waals surface area contributed by atoms with Gasteiger partial charge in [0.1, 0.15) is 0 Å². The predicted molar refractivity (Wildman–Crippen MR) is 50.5 cm³/mol. The van der Waals surface area contributed by atoms with E-state index >= 15 is 0 Å². The van der Waals surface area contributed by atoms with E-state index in [1.54, 1.807) is 0 Å². The summed E-state index contributed by atoms with van der Waals surface area (Å²) in [4.78, 5) is 11.2. The van der Waals surface area contributed by atoms with Gasteiger partial charge < -0.3 is 15.4 Å². The molecule has 1 aliphatic heterocycles. The number of carbonyl (C=O) groups is 1. The number of nitrogens with one attached hydrogen (secondary N) is 2. The molecule has 0 aromatic rings. The molecule has 0 aliphatic carbocycles. The second-order valence-electron chi connectivity index (χ2n) is 3.22. The summed E-state index contributed by atoms with van der Waals surface area (Å²) in [6.07, 6.45) is 1.40. The smallest absolute Gasteiger partial charge is 0.220 e. The Bertz CT molecular complexity index is 158. The minimum absolute atomic E-state index is 0.145. The van der Waals surface area contributed by atoms with E-state index in [1.165, 1.54) is 0 Å². The molecule has 0 bridgehead atoms. The molecule has 1 aliphatic rings. The third-order valence-corrected chi connectivity index (χ3v) is 2.04. The Morgan fingerprint density at radius 3 is 2.92 bits per heavy atom. The van der Waals surface area contributed by atoms with Crippen LogP contribution < -0.4 is 10.6 Å². The monoisotopic (exact) mass is 186 g/mol. The van der Waals surface area contributed by atoms with Gasteiger partial charge in [0.25, 0.3) is 0 Å². The molecule has 0 atom stereocenters. The van der Waals surface area contributed by atoms with Crippen LogP contribution in [0, 0.1) is 0 Å². The zero-order valence-corrected chi connectivity index (χ0v) is 8.14. The number of hydrogen-bond donors (Lipinski definition) is 2. The molecule has 4 heteroatoms. The lowest BCUT2D eigenvalue weighted by molar-refractivity contribution is -0.122. The fraction of sp³-hybridized carbons (Fsp3) is 0.889. The van der Waals surface area contributed by atoms with Crippen molar-refractivity contribution < 1.29 is 9.53 Å². The summed E-state index contributed by atoms with van der Waals surface area (Å²) in [6, 6.07) is 0.361. The van der Waals surface area contributed by atoms with Gasteiger partial charge in [-0.05, 0) is 13.3 Å². The van der Waals surface area contributed by atoms with Gasteiger partial charge >= 0.3 is 0 Å². The molecule has 2 N–H and O–H groups in total. The molecule has 13 heavy (non-hydrogen) atoms. The van der Waals surface area contributed by atoms with Gasteiger partial charge in [-0.15, -0.1) is 0 Å². The molecule has 1 saturated heterocycles. The summed E-state index contributed by atoms with van der Waals surface area (Å²) in [6.45, 7) is 5.20. The minimum Gasteiger partial charge on any atom is -0.382 e. The number of ether oxygens (including phenoxy) is 1. The summed E-state index contributed by atoms with van der Waals surface area (Å²) < 4.78 is 5.14. The Balaban J connectivity index is 1.91. The maximum atomic E-state index is 11.2. The van der Waals surface area contributed by atoms with E-state index in [1.807, 2.05) is 6.92 Å². The molecule has 0 aromatic heterocycles. The zero-order chi connectivity index (χ0) is 9.52. The van der Waals surface area contributed by atoms with Gasteiger partial charge in [0, 0.05) is 32.7 Å². The van der Waals surface area contributed by atoms with Crippen molar-refractivity contribution in [1.29, 1.82) is 0 Å². The van der Waals surface area contributed by atoms with E-state index in [4.69, 9.17) is 4.74 Å². The van der Waals surface area contributed by atoms with E-state index in [9.17, 15) is 4.79 Å². The minimum atomic E-state index is 0.145. The maximum Gasteiger partial charge on any atom is 0.220 e. The number of amides is 1. The second kappa shape index (κ2) is 5.94. The van der Waals surface area contributed by atoms with Gasteiger partial charge in [-0.2, -0.15) is 0 Å². The van der Waals surface area contributed by atoms with Gasteiger partial charge in [0.15, 0.2) is 0 Å². The van der Waals surface area contributed by atoms with Crippen molar-refractivity contribution in [3.05, 3.63) is 0 Å². The van der Waals surface area contributed by atoms with Crippen LogP contribution in [-0.4, -0.2) is 38.3 Å². The lowest BCUT2D eigenvalue weighted by Gasteiger charge is -2.27. The van der Waals surface area contributed by atoms with Crippen LogP contribution in [0.4, 0.5) is 0 Å². The lowest BCUT2D eigenvalue weighted by atomic mass is 10.1. The third kappa shape index (κ3) is 4.24. The van der Waals surface area contributed by atoms with Gasteiger partial charge in [-0.3, -0.25) is 4.79 Å². The number of hydrogen-bond acceptors (Lipinski definition) is 3. The summed E-state index contributed by atoms with van der Waals surface area (Å²) in [5, 5.41) is 6.04. The van der Waals surface area contributed by atoms with Gasteiger partial charge in [-0.25, -0.2) is 0 Å². The summed E-state index contributed by atoms with van der Waals surface area (Å²) in [7, 11) is 0. The Kier molecular flexibility index (Phi) is 4.78. The first-order chi connectivity index (χ1) is 6.33. The van der Waals surface area contributed by atoms with Crippen LogP contribution in [0.15, 0.2) is 0 Å². The van der Waals surface area contributed by atoms with Crippen LogP contribution >= 0.6 is 0 Å². The van der Waals surface area contributed by atoms with Crippen molar-refractivity contribution >= 4 is 5.91 Å². The topological polar surface area (TPSA) is 50.4 Å². The van der Waals surface area contributed by atoms with Crippen LogP contribution in [0.3, 0.4) is 0 Å². The molecule has 76 valence electrons. The van der Waals surface area contributed by atoms with E-state index < -0.39 is 0 Å². The van der Waals surface area contributed by atoms with Crippen molar-refractivity contribution in [2.24, 2.45) is 0 Å². The molecule has 0 radical (unpaired) electrons. The van der Waals surface area contributed by atoms with Crippen molar-refractivity contribution in [3.8, 4) is 0 Å². The molecular weight excluding hydrogens is 168 g/mol. The highest BCUT2D eigenvalue weighted by molar-refractivity contribution is 5.76. The Hall–Kier alpha value is -0.610. The highest BCUT2D eigenvalue weighted by Crippen LogP contribution is 1.94.